The summed E-state index contributed by atoms with van der Waals surface area (Å²) in [4.78, 5) is 48.7. The molecule has 0 spiro atoms. The highest BCUT2D eigenvalue weighted by Gasteiger charge is 2.46. The quantitative estimate of drug-likeness (QED) is 0.365. The van der Waals surface area contributed by atoms with Crippen LogP contribution in [0.2, 0.25) is 0 Å². The number of aromatic amines is 1. The minimum absolute atomic E-state index is 0.0599. The Kier molecular flexibility index (Phi) is 8.26. The zero-order valence-corrected chi connectivity index (χ0v) is 16.6. The number of carbonyl (C=O) groups is 2. The van der Waals surface area contributed by atoms with Gasteiger partial charge in [0.05, 0.1) is 19.6 Å². The van der Waals surface area contributed by atoms with Crippen LogP contribution in [0.15, 0.2) is 15.8 Å². The molecule has 1 aromatic rings. The minimum Gasteiger partial charge on any atom is -0.463 e. The van der Waals surface area contributed by atoms with Crippen molar-refractivity contribution in [2.45, 2.75) is 51.2 Å². The highest BCUT2D eigenvalue weighted by atomic mass is 16.6. The van der Waals surface area contributed by atoms with Crippen LogP contribution in [0, 0.1) is 6.92 Å². The normalized spacial score (nSPS) is 23.9. The molecular weight excluding hydrogens is 388 g/mol. The summed E-state index contributed by atoms with van der Waals surface area (Å²) in [5.41, 5.74) is -0.979. The van der Waals surface area contributed by atoms with Crippen LogP contribution in [0.5, 0.6) is 0 Å². The number of carbonyl (C=O) groups excluding carboxylic acids is 2. The largest absolute Gasteiger partial charge is 0.463 e. The third-order valence-electron chi connectivity index (χ3n) is 4.42. The van der Waals surface area contributed by atoms with E-state index in [4.69, 9.17) is 18.9 Å². The number of nitrogens with zero attached hydrogens (tertiary/aromatic N) is 1. The lowest BCUT2D eigenvalue weighted by Gasteiger charge is -2.22. The van der Waals surface area contributed by atoms with Gasteiger partial charge in [-0.1, -0.05) is 0 Å². The molecule has 0 aliphatic carbocycles. The second kappa shape index (κ2) is 10.4. The molecule has 0 radical (unpaired) electrons. The Balaban J connectivity index is 2.15. The summed E-state index contributed by atoms with van der Waals surface area (Å²) in [6, 6.07) is 0. The van der Waals surface area contributed by atoms with E-state index in [1.54, 1.807) is 0 Å². The van der Waals surface area contributed by atoms with Crippen LogP contribution >= 0.6 is 0 Å². The molecule has 2 heterocycles. The summed E-state index contributed by atoms with van der Waals surface area (Å²) in [6.07, 6.45) is -2.89. The number of nitrogens with one attached hydrogen (secondary N) is 1. The van der Waals surface area contributed by atoms with E-state index in [-0.39, 0.29) is 44.0 Å². The number of ketones is 1. The molecule has 0 amide bonds. The molecule has 2 N–H and O–H groups in total. The molecule has 0 bridgehead atoms. The zero-order valence-electron chi connectivity index (χ0n) is 16.6. The number of aliphatic hydroxyl groups is 1. The van der Waals surface area contributed by atoms with E-state index in [0.717, 1.165) is 4.57 Å². The van der Waals surface area contributed by atoms with Gasteiger partial charge >= 0.3 is 11.7 Å². The van der Waals surface area contributed by atoms with Crippen LogP contribution in [0.25, 0.3) is 0 Å². The van der Waals surface area contributed by atoms with Crippen LogP contribution in [-0.4, -0.2) is 71.7 Å². The monoisotopic (exact) mass is 414 g/mol. The number of rotatable bonds is 10. The van der Waals surface area contributed by atoms with Crippen molar-refractivity contribution < 1.29 is 33.6 Å². The topological polar surface area (TPSA) is 146 Å². The van der Waals surface area contributed by atoms with Crippen LogP contribution < -0.4 is 11.2 Å². The molecule has 162 valence electrons. The van der Waals surface area contributed by atoms with Gasteiger partial charge in [0.25, 0.3) is 5.56 Å². The molecule has 4 atom stereocenters. The van der Waals surface area contributed by atoms with Crippen molar-refractivity contribution in [3.8, 4) is 0 Å². The summed E-state index contributed by atoms with van der Waals surface area (Å²) in [6.45, 7) is 2.99. The predicted molar refractivity (Wildman–Crippen MR) is 98.5 cm³/mol. The van der Waals surface area contributed by atoms with Gasteiger partial charge in [-0.3, -0.25) is 19.1 Å². The van der Waals surface area contributed by atoms with Crippen molar-refractivity contribution in [3.05, 3.63) is 32.6 Å². The van der Waals surface area contributed by atoms with Crippen molar-refractivity contribution in [1.29, 1.82) is 0 Å². The second-order valence-corrected chi connectivity index (χ2v) is 6.75. The third kappa shape index (κ3) is 6.07. The van der Waals surface area contributed by atoms with E-state index in [1.807, 2.05) is 0 Å². The molecule has 0 unspecified atom stereocenters. The fraction of sp³-hybridized carbons (Fsp3) is 0.667. The van der Waals surface area contributed by atoms with Gasteiger partial charge in [0.2, 0.25) is 0 Å². The van der Waals surface area contributed by atoms with E-state index in [2.05, 4.69) is 4.98 Å². The number of aliphatic hydroxyl groups excluding tert-OH is 1. The van der Waals surface area contributed by atoms with Gasteiger partial charge < -0.3 is 28.8 Å². The highest BCUT2D eigenvalue weighted by molar-refractivity contribution is 5.80. The lowest BCUT2D eigenvalue weighted by molar-refractivity contribution is -0.151. The Morgan fingerprint density at radius 2 is 2.00 bits per heavy atom. The number of hydrogen-bond donors (Lipinski definition) is 2. The lowest BCUT2D eigenvalue weighted by Crippen LogP contribution is -2.40. The number of esters is 1. The maximum atomic E-state index is 12.2. The van der Waals surface area contributed by atoms with E-state index < -0.39 is 41.8 Å². The van der Waals surface area contributed by atoms with Gasteiger partial charge in [0.15, 0.2) is 6.23 Å². The Morgan fingerprint density at radius 3 is 2.66 bits per heavy atom. The number of methoxy groups -OCH3 is 1. The van der Waals surface area contributed by atoms with Crippen LogP contribution in [0.4, 0.5) is 0 Å². The first-order valence-electron chi connectivity index (χ1n) is 9.15. The number of H-pyrrole nitrogens is 1. The first-order chi connectivity index (χ1) is 13.7. The number of Topliss-reactive ketones (excluding diaryl/α,β-unsaturated/α-hetero) is 1. The first kappa shape index (κ1) is 22.9. The maximum absolute atomic E-state index is 12.2. The second-order valence-electron chi connectivity index (χ2n) is 6.75. The van der Waals surface area contributed by atoms with E-state index in [0.29, 0.717) is 0 Å². The fourth-order valence-electron chi connectivity index (χ4n) is 2.83. The van der Waals surface area contributed by atoms with Crippen LogP contribution in [0.3, 0.4) is 0 Å². The van der Waals surface area contributed by atoms with Gasteiger partial charge in [-0.05, 0) is 13.8 Å². The van der Waals surface area contributed by atoms with Crippen molar-refractivity contribution in [2.24, 2.45) is 0 Å². The lowest BCUT2D eigenvalue weighted by atomic mass is 10.1. The van der Waals surface area contributed by atoms with Crippen molar-refractivity contribution in [3.63, 3.8) is 0 Å². The molecule has 0 saturated carbocycles. The summed E-state index contributed by atoms with van der Waals surface area (Å²) in [7, 11) is 1.49. The average Bonchev–Trinajstić information content (AvgIpc) is 2.97. The molecule has 1 aliphatic heterocycles. The molecule has 11 heteroatoms. The minimum atomic E-state index is -1.21. The van der Waals surface area contributed by atoms with Gasteiger partial charge in [0, 0.05) is 25.3 Å². The molecule has 1 aliphatic rings. The molecule has 29 heavy (non-hydrogen) atoms. The number of ether oxygens (including phenoxy) is 4. The van der Waals surface area contributed by atoms with Crippen molar-refractivity contribution >= 4 is 11.8 Å². The molecule has 1 saturated heterocycles. The smallest absolute Gasteiger partial charge is 0.330 e. The summed E-state index contributed by atoms with van der Waals surface area (Å²) in [5.74, 6) is -0.744. The van der Waals surface area contributed by atoms with E-state index in [1.165, 1.54) is 27.2 Å². The first-order valence-corrected chi connectivity index (χ1v) is 9.15. The average molecular weight is 414 g/mol. The number of aryl methyl sites for hydroxylation is 1. The maximum Gasteiger partial charge on any atom is 0.330 e. The zero-order chi connectivity index (χ0) is 21.6. The predicted octanol–water partition coefficient (Wildman–Crippen LogP) is -0.953. The highest BCUT2D eigenvalue weighted by Crippen LogP contribution is 2.31. The molecule has 0 aromatic carbocycles. The summed E-state index contributed by atoms with van der Waals surface area (Å²) < 4.78 is 22.5. The van der Waals surface area contributed by atoms with Crippen LogP contribution in [-0.2, 0) is 28.5 Å². The fourth-order valence-corrected chi connectivity index (χ4v) is 2.83. The molecule has 1 fully saturated rings. The summed E-state index contributed by atoms with van der Waals surface area (Å²) >= 11 is 0. The van der Waals surface area contributed by atoms with Crippen molar-refractivity contribution in [2.75, 3.05) is 26.9 Å². The van der Waals surface area contributed by atoms with E-state index in [9.17, 15) is 24.3 Å². The molecule has 1 aromatic heterocycles. The standard InChI is InChI=1S/C18H26N2O9/c1-10-8-20(18(25)19-16(10)24)17-15(27-7-6-26-3)14(23)12(29-17)9-28-13(22)5-4-11(2)21/h8,12,14-15,17,23H,4-7,9H2,1-3H3,(H,19,24,25)/t12-,14-,15-,17-/m1/s1. The SMILES string of the molecule is COCCO[C@@H]1[C@H](O)[C@@H](COC(=O)CCC(C)=O)O[C@H]1n1cc(C)c(=O)[nH]c1=O. The Hall–Kier alpha value is -2.34. The summed E-state index contributed by atoms with van der Waals surface area (Å²) in [5, 5.41) is 10.6. The van der Waals surface area contributed by atoms with Gasteiger partial charge in [-0.2, -0.15) is 0 Å². The molecule has 2 rings (SSSR count). The number of aromatic nitrogens is 2. The van der Waals surface area contributed by atoms with Crippen LogP contribution in [0.1, 0.15) is 31.6 Å². The van der Waals surface area contributed by atoms with Gasteiger partial charge in [-0.15, -0.1) is 0 Å². The third-order valence-corrected chi connectivity index (χ3v) is 4.42. The Bertz CT molecular complexity index is 831. The Labute approximate surface area is 166 Å². The molecular formula is C18H26N2O9. The molecule has 11 nitrogen and oxygen atoms in total. The van der Waals surface area contributed by atoms with Gasteiger partial charge in [-0.25, -0.2) is 4.79 Å². The van der Waals surface area contributed by atoms with E-state index >= 15 is 0 Å². The number of hydrogen-bond acceptors (Lipinski definition) is 9. The van der Waals surface area contributed by atoms with Crippen molar-refractivity contribution in [1.82, 2.24) is 9.55 Å². The Morgan fingerprint density at radius 1 is 1.28 bits per heavy atom. The van der Waals surface area contributed by atoms with Gasteiger partial charge in [0.1, 0.15) is 30.7 Å².